The smallest absolute Gasteiger partial charge is 0.258 e. The lowest BCUT2D eigenvalue weighted by molar-refractivity contribution is 0.0984. The van der Waals surface area contributed by atoms with Gasteiger partial charge in [0.25, 0.3) is 5.91 Å². The van der Waals surface area contributed by atoms with Gasteiger partial charge in [-0.2, -0.15) is 0 Å². The van der Waals surface area contributed by atoms with E-state index in [9.17, 15) is 9.18 Å². The number of anilines is 1. The lowest BCUT2D eigenvalue weighted by atomic mass is 10.00. The number of aryl methyl sites for hydroxylation is 2. The Hall–Kier alpha value is -2.40. The summed E-state index contributed by atoms with van der Waals surface area (Å²) in [6.45, 7) is 2.39. The van der Waals surface area contributed by atoms with Gasteiger partial charge in [0.15, 0.2) is 0 Å². The maximum atomic E-state index is 14.4. The fraction of sp³-hybridized carbons (Fsp3) is 0.263. The second-order valence-electron chi connectivity index (χ2n) is 6.34. The Morgan fingerprint density at radius 3 is 2.88 bits per heavy atom. The summed E-state index contributed by atoms with van der Waals surface area (Å²) in [5, 5.41) is 0.504. The molecule has 4 nitrogen and oxygen atoms in total. The third kappa shape index (κ3) is 2.50. The first-order valence-electron chi connectivity index (χ1n) is 8.19. The zero-order valence-electron chi connectivity index (χ0n) is 14.0. The molecule has 128 valence electrons. The fourth-order valence-electron chi connectivity index (χ4n) is 3.45. The highest BCUT2D eigenvalue weighted by Gasteiger charge is 2.28. The van der Waals surface area contributed by atoms with Gasteiger partial charge in [0.05, 0.1) is 16.7 Å². The van der Waals surface area contributed by atoms with Crippen LogP contribution in [-0.2, 0) is 13.5 Å². The molecule has 1 amide bonds. The molecule has 0 atom stereocenters. The lowest BCUT2D eigenvalue weighted by Gasteiger charge is -2.30. The number of halogens is 2. The van der Waals surface area contributed by atoms with Crippen LogP contribution in [0.3, 0.4) is 0 Å². The Morgan fingerprint density at radius 1 is 1.28 bits per heavy atom. The molecule has 0 bridgehead atoms. The zero-order valence-corrected chi connectivity index (χ0v) is 14.8. The van der Waals surface area contributed by atoms with Gasteiger partial charge in [-0.25, -0.2) is 9.37 Å². The fourth-order valence-corrected chi connectivity index (χ4v) is 3.70. The van der Waals surface area contributed by atoms with Crippen molar-refractivity contribution in [3.63, 3.8) is 0 Å². The van der Waals surface area contributed by atoms with E-state index >= 15 is 0 Å². The minimum absolute atomic E-state index is 0.229. The zero-order chi connectivity index (χ0) is 17.7. The first-order chi connectivity index (χ1) is 12.0. The van der Waals surface area contributed by atoms with E-state index < -0.39 is 5.82 Å². The normalized spacial score (nSPS) is 14.0. The number of imidazole rings is 1. The largest absolute Gasteiger partial charge is 0.331 e. The lowest BCUT2D eigenvalue weighted by Crippen LogP contribution is -2.36. The number of hydrogen-bond donors (Lipinski definition) is 0. The summed E-state index contributed by atoms with van der Waals surface area (Å²) < 4.78 is 16.4. The van der Waals surface area contributed by atoms with Crippen LogP contribution < -0.4 is 4.90 Å². The van der Waals surface area contributed by atoms with Gasteiger partial charge in [-0.3, -0.25) is 4.79 Å². The average Bonchev–Trinajstić information content (AvgIpc) is 2.91. The van der Waals surface area contributed by atoms with Crippen molar-refractivity contribution in [1.29, 1.82) is 0 Å². The second-order valence-corrected chi connectivity index (χ2v) is 6.75. The average molecular weight is 358 g/mol. The molecule has 0 saturated heterocycles. The molecule has 25 heavy (non-hydrogen) atoms. The highest BCUT2D eigenvalue weighted by atomic mass is 35.5. The van der Waals surface area contributed by atoms with Gasteiger partial charge in [0.2, 0.25) is 0 Å². The molecule has 2 aromatic carbocycles. The molecule has 2 heterocycles. The molecule has 0 radical (unpaired) electrons. The van der Waals surface area contributed by atoms with Crippen molar-refractivity contribution in [3.8, 4) is 0 Å². The van der Waals surface area contributed by atoms with Gasteiger partial charge in [0, 0.05) is 24.2 Å². The summed E-state index contributed by atoms with van der Waals surface area (Å²) in [6, 6.07) is 8.27. The van der Waals surface area contributed by atoms with Crippen molar-refractivity contribution in [3.05, 3.63) is 58.1 Å². The topological polar surface area (TPSA) is 38.1 Å². The van der Waals surface area contributed by atoms with E-state index in [0.29, 0.717) is 34.8 Å². The number of carbonyl (C=O) groups is 1. The Balaban J connectivity index is 1.79. The molecule has 6 heteroatoms. The number of rotatable bonds is 1. The molecule has 1 aliphatic rings. The number of hydrogen-bond acceptors (Lipinski definition) is 2. The first kappa shape index (κ1) is 16.1. The molecular formula is C19H17ClFN3O. The highest BCUT2D eigenvalue weighted by Crippen LogP contribution is 2.36. The van der Waals surface area contributed by atoms with Gasteiger partial charge in [-0.05, 0) is 55.7 Å². The van der Waals surface area contributed by atoms with Crippen LogP contribution >= 0.6 is 11.6 Å². The molecule has 0 saturated carbocycles. The molecule has 0 aliphatic carbocycles. The molecule has 1 aromatic heterocycles. The van der Waals surface area contributed by atoms with Crippen LogP contribution in [0.1, 0.15) is 28.2 Å². The van der Waals surface area contributed by atoms with Crippen molar-refractivity contribution in [1.82, 2.24) is 9.55 Å². The number of nitrogens with zero attached hydrogens (tertiary/aromatic N) is 3. The summed E-state index contributed by atoms with van der Waals surface area (Å²) in [5.41, 5.74) is 3.23. The molecule has 0 unspecified atom stereocenters. The van der Waals surface area contributed by atoms with Crippen LogP contribution in [0.25, 0.3) is 11.0 Å². The summed E-state index contributed by atoms with van der Waals surface area (Å²) in [4.78, 5) is 19.0. The van der Waals surface area contributed by atoms with Crippen molar-refractivity contribution in [2.24, 2.45) is 7.05 Å². The number of benzene rings is 2. The van der Waals surface area contributed by atoms with Crippen LogP contribution in [0.2, 0.25) is 5.02 Å². The van der Waals surface area contributed by atoms with E-state index in [1.807, 2.05) is 24.6 Å². The van der Waals surface area contributed by atoms with Crippen molar-refractivity contribution in [2.75, 3.05) is 11.4 Å². The van der Waals surface area contributed by atoms with Crippen LogP contribution in [0, 0.1) is 12.7 Å². The SMILES string of the molecule is Cc1nc2cc(C(=O)N3CCCc4c(Cl)ccc(F)c43)ccc2n1C. The van der Waals surface area contributed by atoms with Crippen molar-refractivity contribution in [2.45, 2.75) is 19.8 Å². The van der Waals surface area contributed by atoms with Gasteiger partial charge >= 0.3 is 0 Å². The number of amides is 1. The van der Waals surface area contributed by atoms with Gasteiger partial charge in [0.1, 0.15) is 11.6 Å². The monoisotopic (exact) mass is 357 g/mol. The second kappa shape index (κ2) is 5.85. The maximum absolute atomic E-state index is 14.4. The Morgan fingerprint density at radius 2 is 2.08 bits per heavy atom. The third-order valence-electron chi connectivity index (χ3n) is 4.85. The number of fused-ring (bicyclic) bond motifs is 2. The van der Waals surface area contributed by atoms with E-state index in [1.165, 1.54) is 11.0 Å². The number of carbonyl (C=O) groups excluding carboxylic acids is 1. The van der Waals surface area contributed by atoms with E-state index in [-0.39, 0.29) is 5.91 Å². The summed E-state index contributed by atoms with van der Waals surface area (Å²) in [7, 11) is 1.93. The standard InChI is InChI=1S/C19H17ClFN3O/c1-11-22-16-10-12(5-8-17(16)23(11)2)19(25)24-9-3-4-13-14(20)6-7-15(21)18(13)24/h5-8,10H,3-4,9H2,1-2H3. The van der Waals surface area contributed by atoms with Gasteiger partial charge in [-0.1, -0.05) is 11.6 Å². The molecule has 3 aromatic rings. The minimum atomic E-state index is -0.415. The van der Waals surface area contributed by atoms with E-state index in [4.69, 9.17) is 11.6 Å². The highest BCUT2D eigenvalue weighted by molar-refractivity contribution is 6.32. The molecule has 4 rings (SSSR count). The van der Waals surface area contributed by atoms with E-state index in [1.54, 1.807) is 18.2 Å². The Bertz CT molecular complexity index is 1010. The molecule has 1 aliphatic heterocycles. The number of aromatic nitrogens is 2. The van der Waals surface area contributed by atoms with E-state index in [0.717, 1.165) is 23.3 Å². The van der Waals surface area contributed by atoms with Gasteiger partial charge < -0.3 is 9.47 Å². The Kier molecular flexibility index (Phi) is 3.76. The van der Waals surface area contributed by atoms with Crippen molar-refractivity contribution < 1.29 is 9.18 Å². The summed E-state index contributed by atoms with van der Waals surface area (Å²) in [5.74, 6) is 0.232. The predicted molar refractivity (Wildman–Crippen MR) is 96.9 cm³/mol. The van der Waals surface area contributed by atoms with Gasteiger partial charge in [-0.15, -0.1) is 0 Å². The van der Waals surface area contributed by atoms with Crippen LogP contribution in [0.15, 0.2) is 30.3 Å². The molecule has 0 N–H and O–H groups in total. The van der Waals surface area contributed by atoms with E-state index in [2.05, 4.69) is 4.98 Å². The van der Waals surface area contributed by atoms with Crippen molar-refractivity contribution >= 4 is 34.2 Å². The van der Waals surface area contributed by atoms with Crippen LogP contribution in [0.5, 0.6) is 0 Å². The molecular weight excluding hydrogens is 341 g/mol. The Labute approximate surface area is 149 Å². The van der Waals surface area contributed by atoms with Crippen LogP contribution in [-0.4, -0.2) is 22.0 Å². The first-order valence-corrected chi connectivity index (χ1v) is 8.57. The third-order valence-corrected chi connectivity index (χ3v) is 5.21. The molecule has 0 fully saturated rings. The quantitative estimate of drug-likeness (QED) is 0.652. The predicted octanol–water partition coefficient (Wildman–Crippen LogP) is 4.27. The minimum Gasteiger partial charge on any atom is -0.331 e. The van der Waals surface area contributed by atoms with Crippen LogP contribution in [0.4, 0.5) is 10.1 Å². The summed E-state index contributed by atoms with van der Waals surface area (Å²) >= 11 is 6.21. The maximum Gasteiger partial charge on any atom is 0.258 e. The summed E-state index contributed by atoms with van der Waals surface area (Å²) in [6.07, 6.45) is 1.43. The molecule has 0 spiro atoms.